The van der Waals surface area contributed by atoms with Crippen LogP contribution in [0.1, 0.15) is 52.1 Å². The first kappa shape index (κ1) is 22.4. The summed E-state index contributed by atoms with van der Waals surface area (Å²) in [5, 5.41) is 3.40. The smallest absolute Gasteiger partial charge is 0.352 e. The maximum absolute atomic E-state index is 13.7. The van der Waals surface area contributed by atoms with Gasteiger partial charge in [-0.25, -0.2) is 0 Å². The third kappa shape index (κ3) is 5.45. The van der Waals surface area contributed by atoms with E-state index in [1.165, 1.54) is 24.3 Å². The van der Waals surface area contributed by atoms with Crippen molar-refractivity contribution in [3.63, 3.8) is 0 Å². The summed E-state index contributed by atoms with van der Waals surface area (Å²) in [6, 6.07) is 8.44. The van der Waals surface area contributed by atoms with Crippen molar-refractivity contribution in [3.8, 4) is 0 Å². The van der Waals surface area contributed by atoms with Gasteiger partial charge in [-0.2, -0.15) is 13.2 Å². The minimum Gasteiger partial charge on any atom is -0.352 e. The summed E-state index contributed by atoms with van der Waals surface area (Å²) in [7, 11) is 0. The molecule has 1 fully saturated rings. The molecule has 30 heavy (non-hydrogen) atoms. The molecule has 0 bridgehead atoms. The quantitative estimate of drug-likeness (QED) is 0.540. The first-order chi connectivity index (χ1) is 14.1. The number of alkyl halides is 3. The van der Waals surface area contributed by atoms with Crippen molar-refractivity contribution in [2.75, 3.05) is 0 Å². The zero-order chi connectivity index (χ0) is 22.1. The van der Waals surface area contributed by atoms with Crippen LogP contribution in [0.15, 0.2) is 36.4 Å². The van der Waals surface area contributed by atoms with Gasteiger partial charge in [0.2, 0.25) is 5.91 Å². The highest BCUT2D eigenvalue weighted by Crippen LogP contribution is 2.38. The van der Waals surface area contributed by atoms with Crippen LogP contribution in [0.4, 0.5) is 13.2 Å². The molecule has 0 radical (unpaired) electrons. The number of benzene rings is 2. The van der Waals surface area contributed by atoms with E-state index in [0.717, 1.165) is 24.0 Å². The van der Waals surface area contributed by atoms with Crippen LogP contribution in [0, 0.1) is 26.7 Å². The SMILES string of the molecule is Cc1cc(/C=C/C(c2cc(C)c(Cl)c(C)c2)C(F)(F)F)ccc1CNC(=O)C1CC1. The topological polar surface area (TPSA) is 29.1 Å². The second kappa shape index (κ2) is 8.84. The second-order valence-corrected chi connectivity index (χ2v) is 8.40. The molecule has 6 heteroatoms. The van der Waals surface area contributed by atoms with E-state index < -0.39 is 12.1 Å². The summed E-state index contributed by atoms with van der Waals surface area (Å²) in [4.78, 5) is 11.8. The van der Waals surface area contributed by atoms with Gasteiger partial charge < -0.3 is 5.32 Å². The highest BCUT2D eigenvalue weighted by atomic mass is 35.5. The standard InChI is InChI=1S/C24H25ClF3NO/c1-14-10-17(4-6-19(14)13-29-23(30)18-7-8-18)5-9-21(24(26,27)28)20-11-15(2)22(25)16(3)12-20/h4-6,9-12,18,21H,7-8,13H2,1-3H3,(H,29,30)/b9-5+. The molecule has 3 rings (SSSR count). The van der Waals surface area contributed by atoms with Gasteiger partial charge in [0.25, 0.3) is 0 Å². The molecule has 2 aromatic carbocycles. The number of carbonyl (C=O) groups is 1. The molecule has 1 N–H and O–H groups in total. The van der Waals surface area contributed by atoms with Gasteiger partial charge in [0, 0.05) is 17.5 Å². The molecule has 0 aromatic heterocycles. The van der Waals surface area contributed by atoms with Crippen LogP contribution in [-0.2, 0) is 11.3 Å². The van der Waals surface area contributed by atoms with Crippen LogP contribution in [0.3, 0.4) is 0 Å². The fourth-order valence-electron chi connectivity index (χ4n) is 3.47. The number of nitrogens with one attached hydrogen (secondary N) is 1. The lowest BCUT2D eigenvalue weighted by molar-refractivity contribution is -0.139. The second-order valence-electron chi connectivity index (χ2n) is 8.03. The lowest BCUT2D eigenvalue weighted by atomic mass is 9.93. The molecule has 0 heterocycles. The summed E-state index contributed by atoms with van der Waals surface area (Å²) in [6.45, 7) is 5.74. The highest BCUT2D eigenvalue weighted by Gasteiger charge is 2.39. The summed E-state index contributed by atoms with van der Waals surface area (Å²) in [5.74, 6) is -1.50. The van der Waals surface area contributed by atoms with Gasteiger partial charge in [0.1, 0.15) is 0 Å². The zero-order valence-corrected chi connectivity index (χ0v) is 18.0. The third-order valence-corrected chi connectivity index (χ3v) is 6.02. The maximum Gasteiger partial charge on any atom is 0.399 e. The van der Waals surface area contributed by atoms with E-state index in [4.69, 9.17) is 11.6 Å². The van der Waals surface area contributed by atoms with E-state index in [9.17, 15) is 18.0 Å². The molecular formula is C24H25ClF3NO. The molecule has 0 spiro atoms. The average Bonchev–Trinajstić information content (AvgIpc) is 3.49. The van der Waals surface area contributed by atoms with Gasteiger partial charge in [-0.05, 0) is 67.0 Å². The lowest BCUT2D eigenvalue weighted by Gasteiger charge is -2.19. The van der Waals surface area contributed by atoms with Gasteiger partial charge in [-0.1, -0.05) is 54.1 Å². The first-order valence-corrected chi connectivity index (χ1v) is 10.3. The molecule has 160 valence electrons. The molecule has 1 aliphatic carbocycles. The van der Waals surface area contributed by atoms with Crippen LogP contribution in [0.25, 0.3) is 6.08 Å². The van der Waals surface area contributed by atoms with Crippen LogP contribution < -0.4 is 5.32 Å². The summed E-state index contributed by atoms with van der Waals surface area (Å²) < 4.78 is 41.2. The number of hydrogen-bond acceptors (Lipinski definition) is 1. The lowest BCUT2D eigenvalue weighted by Crippen LogP contribution is -2.24. The fraction of sp³-hybridized carbons (Fsp3) is 0.375. The number of halogens is 4. The van der Waals surface area contributed by atoms with Gasteiger partial charge in [0.05, 0.1) is 5.92 Å². The summed E-state index contributed by atoms with van der Waals surface area (Å²) in [5.41, 5.74) is 3.99. The van der Waals surface area contributed by atoms with Crippen molar-refractivity contribution in [1.82, 2.24) is 5.32 Å². The van der Waals surface area contributed by atoms with Crippen LogP contribution in [-0.4, -0.2) is 12.1 Å². The molecule has 0 aliphatic heterocycles. The number of allylic oxidation sites excluding steroid dienone is 1. The average molecular weight is 436 g/mol. The Morgan fingerprint density at radius 3 is 2.30 bits per heavy atom. The van der Waals surface area contributed by atoms with Crippen molar-refractivity contribution in [2.45, 2.75) is 52.3 Å². The van der Waals surface area contributed by atoms with Crippen molar-refractivity contribution in [1.29, 1.82) is 0 Å². The molecule has 1 amide bonds. The number of aryl methyl sites for hydroxylation is 3. The minimum absolute atomic E-state index is 0.0694. The number of carbonyl (C=O) groups excluding carboxylic acids is 1. The zero-order valence-electron chi connectivity index (χ0n) is 17.2. The van der Waals surface area contributed by atoms with Crippen molar-refractivity contribution in [3.05, 3.63) is 74.8 Å². The fourth-order valence-corrected chi connectivity index (χ4v) is 3.58. The van der Waals surface area contributed by atoms with Crippen molar-refractivity contribution in [2.24, 2.45) is 5.92 Å². The number of rotatable bonds is 6. The molecule has 2 aromatic rings. The molecule has 1 atom stereocenters. The van der Waals surface area contributed by atoms with Gasteiger partial charge in [0.15, 0.2) is 0 Å². The Kier molecular flexibility index (Phi) is 6.61. The Morgan fingerprint density at radius 1 is 1.13 bits per heavy atom. The first-order valence-electron chi connectivity index (χ1n) is 9.95. The van der Waals surface area contributed by atoms with E-state index in [0.29, 0.717) is 28.3 Å². The Morgan fingerprint density at radius 2 is 1.77 bits per heavy atom. The Bertz CT molecular complexity index is 954. The highest BCUT2D eigenvalue weighted by molar-refractivity contribution is 6.32. The molecule has 2 nitrogen and oxygen atoms in total. The number of amides is 1. The molecule has 0 saturated heterocycles. The van der Waals surface area contributed by atoms with Crippen LogP contribution >= 0.6 is 11.6 Å². The maximum atomic E-state index is 13.7. The molecule has 1 aliphatic rings. The van der Waals surface area contributed by atoms with Crippen molar-refractivity contribution < 1.29 is 18.0 Å². The van der Waals surface area contributed by atoms with E-state index >= 15 is 0 Å². The Labute approximate surface area is 180 Å². The van der Waals surface area contributed by atoms with E-state index in [2.05, 4.69) is 5.32 Å². The van der Waals surface area contributed by atoms with E-state index in [-0.39, 0.29) is 17.4 Å². The third-order valence-electron chi connectivity index (χ3n) is 5.42. The van der Waals surface area contributed by atoms with Gasteiger partial charge in [-0.3, -0.25) is 4.79 Å². The largest absolute Gasteiger partial charge is 0.399 e. The Balaban J connectivity index is 1.78. The van der Waals surface area contributed by atoms with Gasteiger partial charge in [-0.15, -0.1) is 0 Å². The van der Waals surface area contributed by atoms with Crippen molar-refractivity contribution >= 4 is 23.6 Å². The minimum atomic E-state index is -4.41. The van der Waals surface area contributed by atoms with Crippen LogP contribution in [0.5, 0.6) is 0 Å². The monoisotopic (exact) mass is 435 g/mol. The molecular weight excluding hydrogens is 411 g/mol. The Hall–Kier alpha value is -2.27. The normalized spacial score (nSPS) is 15.4. The van der Waals surface area contributed by atoms with Crippen LogP contribution in [0.2, 0.25) is 5.02 Å². The molecule has 1 saturated carbocycles. The van der Waals surface area contributed by atoms with E-state index in [1.807, 2.05) is 19.1 Å². The summed E-state index contributed by atoms with van der Waals surface area (Å²) in [6.07, 6.45) is 0.164. The number of hydrogen-bond donors (Lipinski definition) is 1. The van der Waals surface area contributed by atoms with Gasteiger partial charge >= 0.3 is 6.18 Å². The predicted octanol–water partition coefficient (Wildman–Crippen LogP) is 6.65. The predicted molar refractivity (Wildman–Crippen MR) is 115 cm³/mol. The molecule has 1 unspecified atom stereocenters. The summed E-state index contributed by atoms with van der Waals surface area (Å²) >= 11 is 6.11. The van der Waals surface area contributed by atoms with E-state index in [1.54, 1.807) is 19.9 Å².